The minimum atomic E-state index is -1.30. The van der Waals surface area contributed by atoms with Crippen LogP contribution in [0.3, 0.4) is 0 Å². The maximum absolute atomic E-state index is 15.1. The van der Waals surface area contributed by atoms with Crippen molar-refractivity contribution in [2.45, 2.75) is 31.5 Å². The van der Waals surface area contributed by atoms with Crippen molar-refractivity contribution in [3.05, 3.63) is 52.6 Å². The Kier molecular flexibility index (Phi) is 5.59. The predicted molar refractivity (Wildman–Crippen MR) is 118 cm³/mol. The number of carboxylic acid groups (broad SMARTS) is 1. The highest BCUT2D eigenvalue weighted by Gasteiger charge is 2.28. The number of piperazine rings is 1. The van der Waals surface area contributed by atoms with E-state index in [1.54, 1.807) is 21.6 Å². The number of halogens is 1. The van der Waals surface area contributed by atoms with E-state index in [2.05, 4.69) is 15.0 Å². The van der Waals surface area contributed by atoms with Crippen LogP contribution >= 0.6 is 0 Å². The number of carbonyl (C=O) groups is 1. The summed E-state index contributed by atoms with van der Waals surface area (Å²) >= 11 is 0. The van der Waals surface area contributed by atoms with Crippen LogP contribution < -0.4 is 10.3 Å². The van der Waals surface area contributed by atoms with Gasteiger partial charge in [-0.1, -0.05) is 0 Å². The van der Waals surface area contributed by atoms with E-state index in [1.165, 1.54) is 18.6 Å². The molecule has 1 saturated heterocycles. The molecular formula is C22H25FN6O4. The summed E-state index contributed by atoms with van der Waals surface area (Å²) in [6.07, 6.45) is 5.59. The quantitative estimate of drug-likeness (QED) is 0.540. The summed E-state index contributed by atoms with van der Waals surface area (Å²) in [7, 11) is 0. The Labute approximate surface area is 188 Å². The predicted octanol–water partition coefficient (Wildman–Crippen LogP) is 0.948. The molecule has 3 aromatic rings. The zero-order valence-corrected chi connectivity index (χ0v) is 18.0. The Hall–Kier alpha value is -3.31. The van der Waals surface area contributed by atoms with Crippen molar-refractivity contribution in [2.75, 3.05) is 37.6 Å². The van der Waals surface area contributed by atoms with Gasteiger partial charge in [-0.25, -0.2) is 14.2 Å². The van der Waals surface area contributed by atoms with Crippen molar-refractivity contribution in [1.82, 2.24) is 24.2 Å². The first-order chi connectivity index (χ1) is 15.9. The molecule has 5 rings (SSSR count). The molecular weight excluding hydrogens is 431 g/mol. The first-order valence-electron chi connectivity index (χ1n) is 11.0. The summed E-state index contributed by atoms with van der Waals surface area (Å²) in [5.41, 5.74) is -0.0255. The number of β-amino-alcohol motifs (C(OH)–C–C–N with tert-alkyl or cyclic N) is 1. The number of aromatic carboxylic acids is 1. The van der Waals surface area contributed by atoms with E-state index in [-0.39, 0.29) is 17.0 Å². The maximum atomic E-state index is 15.1. The number of aliphatic hydroxyl groups is 1. The monoisotopic (exact) mass is 456 g/mol. The lowest BCUT2D eigenvalue weighted by atomic mass is 10.1. The summed E-state index contributed by atoms with van der Waals surface area (Å²) < 4.78 is 18.5. The van der Waals surface area contributed by atoms with Crippen LogP contribution in [0.2, 0.25) is 0 Å². The fourth-order valence-electron chi connectivity index (χ4n) is 4.48. The Morgan fingerprint density at radius 2 is 1.94 bits per heavy atom. The van der Waals surface area contributed by atoms with Crippen molar-refractivity contribution >= 4 is 22.6 Å². The first kappa shape index (κ1) is 21.5. The molecule has 2 fully saturated rings. The van der Waals surface area contributed by atoms with Gasteiger partial charge < -0.3 is 19.7 Å². The van der Waals surface area contributed by atoms with Crippen LogP contribution in [0.15, 0.2) is 35.8 Å². The molecule has 1 aromatic carbocycles. The third-order valence-electron chi connectivity index (χ3n) is 6.32. The van der Waals surface area contributed by atoms with Gasteiger partial charge in [-0.3, -0.25) is 14.4 Å². The average molecular weight is 456 g/mol. The van der Waals surface area contributed by atoms with Crippen molar-refractivity contribution in [2.24, 2.45) is 0 Å². The number of hydrogen-bond donors (Lipinski definition) is 2. The van der Waals surface area contributed by atoms with Gasteiger partial charge in [-0.05, 0) is 25.0 Å². The van der Waals surface area contributed by atoms with Crippen molar-refractivity contribution < 1.29 is 19.4 Å². The van der Waals surface area contributed by atoms with Gasteiger partial charge in [0.15, 0.2) is 0 Å². The van der Waals surface area contributed by atoms with Gasteiger partial charge in [0.1, 0.15) is 24.0 Å². The van der Waals surface area contributed by atoms with Crippen molar-refractivity contribution in [1.29, 1.82) is 0 Å². The van der Waals surface area contributed by atoms with Gasteiger partial charge in [0.05, 0.1) is 23.9 Å². The minimum Gasteiger partial charge on any atom is -0.477 e. The molecule has 3 heterocycles. The lowest BCUT2D eigenvalue weighted by Crippen LogP contribution is -2.49. The highest BCUT2D eigenvalue weighted by molar-refractivity contribution is 5.93. The van der Waals surface area contributed by atoms with E-state index in [4.69, 9.17) is 0 Å². The smallest absolute Gasteiger partial charge is 0.341 e. The Morgan fingerprint density at radius 1 is 1.18 bits per heavy atom. The van der Waals surface area contributed by atoms with E-state index in [9.17, 15) is 19.8 Å². The molecule has 1 saturated carbocycles. The summed E-state index contributed by atoms with van der Waals surface area (Å²) in [4.78, 5) is 32.1. The molecule has 11 heteroatoms. The normalized spacial score (nSPS) is 18.1. The molecule has 0 bridgehead atoms. The summed E-state index contributed by atoms with van der Waals surface area (Å²) in [6.45, 7) is 3.28. The second kappa shape index (κ2) is 8.56. The van der Waals surface area contributed by atoms with Crippen molar-refractivity contribution in [3.63, 3.8) is 0 Å². The molecule has 1 aliphatic heterocycles. The van der Waals surface area contributed by atoms with Gasteiger partial charge in [0.25, 0.3) is 0 Å². The van der Waals surface area contributed by atoms with Gasteiger partial charge in [0.2, 0.25) is 5.43 Å². The molecule has 0 radical (unpaired) electrons. The Balaban J connectivity index is 1.34. The molecule has 174 valence electrons. The Bertz CT molecular complexity index is 1230. The topological polar surface area (TPSA) is 117 Å². The number of aromatic nitrogens is 4. The van der Waals surface area contributed by atoms with Gasteiger partial charge >= 0.3 is 5.97 Å². The molecule has 2 N–H and O–H groups in total. The van der Waals surface area contributed by atoms with E-state index < -0.39 is 23.3 Å². The molecule has 1 unspecified atom stereocenters. The number of hydrogen-bond acceptors (Lipinski definition) is 7. The van der Waals surface area contributed by atoms with Crippen LogP contribution in [0, 0.1) is 5.82 Å². The second-order valence-electron chi connectivity index (χ2n) is 8.70. The lowest BCUT2D eigenvalue weighted by Gasteiger charge is -2.37. The minimum absolute atomic E-state index is 0.0953. The standard InChI is InChI=1S/C22H25FN6O4/c23-18-7-16-19(29(14-1-2-14)11-17(21(16)31)22(32)33)8-20(18)27-5-3-26(4-6-27)9-15(30)10-28-13-24-12-25-28/h7-8,11-15,30H,1-6,9-10H2,(H,32,33). The van der Waals surface area contributed by atoms with E-state index in [0.29, 0.717) is 50.5 Å². The molecule has 0 amide bonds. The van der Waals surface area contributed by atoms with Crippen LogP contribution in [0.1, 0.15) is 29.2 Å². The molecule has 33 heavy (non-hydrogen) atoms. The fraction of sp³-hybridized carbons (Fsp3) is 0.455. The van der Waals surface area contributed by atoms with Crippen LogP contribution in [-0.2, 0) is 6.54 Å². The maximum Gasteiger partial charge on any atom is 0.341 e. The number of carboxylic acids is 1. The number of aliphatic hydroxyl groups excluding tert-OH is 1. The first-order valence-corrected chi connectivity index (χ1v) is 11.0. The molecule has 10 nitrogen and oxygen atoms in total. The number of anilines is 1. The number of fused-ring (bicyclic) bond motifs is 1. The van der Waals surface area contributed by atoms with Gasteiger partial charge in [0, 0.05) is 50.3 Å². The van der Waals surface area contributed by atoms with Crippen molar-refractivity contribution in [3.8, 4) is 0 Å². The summed E-state index contributed by atoms with van der Waals surface area (Å²) in [5, 5.41) is 23.8. The van der Waals surface area contributed by atoms with Gasteiger partial charge in [-0.15, -0.1) is 0 Å². The number of pyridine rings is 1. The summed E-state index contributed by atoms with van der Waals surface area (Å²) in [6, 6.07) is 2.98. The van der Waals surface area contributed by atoms with E-state index >= 15 is 4.39 Å². The number of nitrogens with zero attached hydrogens (tertiary/aromatic N) is 6. The zero-order chi connectivity index (χ0) is 23.1. The highest BCUT2D eigenvalue weighted by Crippen LogP contribution is 2.38. The number of benzene rings is 1. The molecule has 1 atom stereocenters. The SMILES string of the molecule is O=C(O)c1cn(C2CC2)c2cc(N3CCN(CC(O)Cn4cncn4)CC3)c(F)cc2c1=O. The largest absolute Gasteiger partial charge is 0.477 e. The van der Waals surface area contributed by atoms with Crippen LogP contribution in [0.5, 0.6) is 0 Å². The fourth-order valence-corrected chi connectivity index (χ4v) is 4.48. The van der Waals surface area contributed by atoms with Crippen LogP contribution in [0.4, 0.5) is 10.1 Å². The third-order valence-corrected chi connectivity index (χ3v) is 6.32. The van der Waals surface area contributed by atoms with E-state index in [1.807, 2.05) is 4.90 Å². The number of rotatable bonds is 7. The average Bonchev–Trinajstić information content (AvgIpc) is 3.50. The Morgan fingerprint density at radius 3 is 2.58 bits per heavy atom. The third kappa shape index (κ3) is 4.33. The lowest BCUT2D eigenvalue weighted by molar-refractivity contribution is 0.0694. The van der Waals surface area contributed by atoms with Crippen LogP contribution in [-0.4, -0.2) is 79.2 Å². The summed E-state index contributed by atoms with van der Waals surface area (Å²) in [5.74, 6) is -1.84. The van der Waals surface area contributed by atoms with Crippen LogP contribution in [0.25, 0.3) is 10.9 Å². The van der Waals surface area contributed by atoms with Gasteiger partial charge in [-0.2, -0.15) is 5.10 Å². The molecule has 2 aliphatic rings. The zero-order valence-electron chi connectivity index (χ0n) is 18.0. The highest BCUT2D eigenvalue weighted by atomic mass is 19.1. The second-order valence-corrected chi connectivity index (χ2v) is 8.70. The molecule has 2 aromatic heterocycles. The van der Waals surface area contributed by atoms with E-state index in [0.717, 1.165) is 12.8 Å². The molecule has 1 aliphatic carbocycles. The molecule has 0 spiro atoms.